The highest BCUT2D eigenvalue weighted by Crippen LogP contribution is 2.28. The summed E-state index contributed by atoms with van der Waals surface area (Å²) in [6, 6.07) is 0.0473. The quantitative estimate of drug-likeness (QED) is 0.730. The van der Waals surface area contributed by atoms with Crippen LogP contribution in [0.4, 0.5) is 4.79 Å². The van der Waals surface area contributed by atoms with Crippen LogP contribution in [0.1, 0.15) is 41.0 Å². The molecule has 1 N–H and O–H groups in total. The number of aliphatic hydroxyl groups is 1. The van der Waals surface area contributed by atoms with Crippen LogP contribution in [0.3, 0.4) is 0 Å². The van der Waals surface area contributed by atoms with Crippen molar-refractivity contribution in [3.63, 3.8) is 0 Å². The van der Waals surface area contributed by atoms with Crippen LogP contribution in [0.15, 0.2) is 0 Å². The first-order valence-electron chi connectivity index (χ1n) is 6.79. The topological polar surface area (TPSA) is 49.8 Å². The highest BCUT2D eigenvalue weighted by Gasteiger charge is 2.36. The SMILES string of the molecule is CC1CC(CO)C(C)N(C(=O)OC(C)(C)C)C1.CS. The molecule has 19 heavy (non-hydrogen) atoms. The summed E-state index contributed by atoms with van der Waals surface area (Å²) < 4.78 is 5.39. The smallest absolute Gasteiger partial charge is 0.410 e. The van der Waals surface area contributed by atoms with Crippen LogP contribution in [0.2, 0.25) is 0 Å². The van der Waals surface area contributed by atoms with Gasteiger partial charge in [-0.05, 0) is 46.3 Å². The van der Waals surface area contributed by atoms with Crippen LogP contribution in [0, 0.1) is 11.8 Å². The molecule has 1 aliphatic rings. The molecule has 1 saturated heterocycles. The van der Waals surface area contributed by atoms with Crippen molar-refractivity contribution in [2.24, 2.45) is 11.8 Å². The third kappa shape index (κ3) is 6.04. The second-order valence-electron chi connectivity index (χ2n) is 6.16. The van der Waals surface area contributed by atoms with Crippen molar-refractivity contribution in [3.05, 3.63) is 0 Å². The predicted molar refractivity (Wildman–Crippen MR) is 81.7 cm³/mol. The van der Waals surface area contributed by atoms with Crippen molar-refractivity contribution >= 4 is 18.7 Å². The summed E-state index contributed by atoms with van der Waals surface area (Å²) >= 11 is 3.53. The molecule has 0 spiro atoms. The summed E-state index contributed by atoms with van der Waals surface area (Å²) in [5.74, 6) is 0.571. The number of hydrogen-bond donors (Lipinski definition) is 2. The number of carbonyl (C=O) groups excluding carboxylic acids is 1. The average Bonchev–Trinajstić information content (AvgIpc) is 2.32. The lowest BCUT2D eigenvalue weighted by Crippen LogP contribution is -2.51. The van der Waals surface area contributed by atoms with E-state index in [9.17, 15) is 9.90 Å². The first-order chi connectivity index (χ1) is 8.74. The van der Waals surface area contributed by atoms with Crippen LogP contribution in [-0.4, -0.2) is 47.1 Å². The van der Waals surface area contributed by atoms with Gasteiger partial charge in [-0.2, -0.15) is 12.6 Å². The lowest BCUT2D eigenvalue weighted by Gasteiger charge is -2.42. The molecule has 1 rings (SSSR count). The molecule has 3 atom stereocenters. The van der Waals surface area contributed by atoms with Crippen LogP contribution >= 0.6 is 12.6 Å². The van der Waals surface area contributed by atoms with Gasteiger partial charge in [0.2, 0.25) is 0 Å². The molecule has 4 nitrogen and oxygen atoms in total. The van der Waals surface area contributed by atoms with E-state index in [1.165, 1.54) is 0 Å². The van der Waals surface area contributed by atoms with Gasteiger partial charge in [-0.1, -0.05) is 6.92 Å². The molecule has 0 aliphatic carbocycles. The van der Waals surface area contributed by atoms with Crippen LogP contribution in [0.25, 0.3) is 0 Å². The Morgan fingerprint density at radius 2 is 1.89 bits per heavy atom. The maximum atomic E-state index is 12.1. The van der Waals surface area contributed by atoms with E-state index in [1.807, 2.05) is 27.7 Å². The molecule has 1 fully saturated rings. The molecule has 0 aromatic rings. The second kappa shape index (κ2) is 8.00. The number of nitrogens with zero attached hydrogens (tertiary/aromatic N) is 1. The molecule has 0 aromatic carbocycles. The Balaban J connectivity index is 0.00000154. The molecule has 5 heteroatoms. The fourth-order valence-corrected chi connectivity index (χ4v) is 2.33. The fraction of sp³-hybridized carbons (Fsp3) is 0.929. The molecule has 0 saturated carbocycles. The van der Waals surface area contributed by atoms with Gasteiger partial charge in [0.15, 0.2) is 0 Å². The minimum absolute atomic E-state index is 0.0473. The molecule has 1 amide bonds. The van der Waals surface area contributed by atoms with Gasteiger partial charge >= 0.3 is 6.09 Å². The molecular formula is C14H29NO3S. The molecule has 0 radical (unpaired) electrons. The number of hydrogen-bond acceptors (Lipinski definition) is 4. The minimum Gasteiger partial charge on any atom is -0.444 e. The Labute approximate surface area is 122 Å². The lowest BCUT2D eigenvalue weighted by molar-refractivity contribution is -0.0122. The molecule has 0 aromatic heterocycles. The summed E-state index contributed by atoms with van der Waals surface area (Å²) in [5, 5.41) is 9.33. The second-order valence-corrected chi connectivity index (χ2v) is 6.16. The van der Waals surface area contributed by atoms with E-state index in [-0.39, 0.29) is 24.7 Å². The van der Waals surface area contributed by atoms with Crippen molar-refractivity contribution in [2.45, 2.75) is 52.7 Å². The van der Waals surface area contributed by atoms with Crippen molar-refractivity contribution in [1.29, 1.82) is 0 Å². The predicted octanol–water partition coefficient (Wildman–Crippen LogP) is 2.81. The van der Waals surface area contributed by atoms with E-state index < -0.39 is 5.60 Å². The summed E-state index contributed by atoms with van der Waals surface area (Å²) in [6.45, 7) is 10.5. The van der Waals surface area contributed by atoms with Crippen LogP contribution < -0.4 is 0 Å². The molecule has 3 unspecified atom stereocenters. The van der Waals surface area contributed by atoms with Crippen molar-refractivity contribution in [1.82, 2.24) is 4.90 Å². The van der Waals surface area contributed by atoms with E-state index in [4.69, 9.17) is 4.74 Å². The molecule has 114 valence electrons. The van der Waals surface area contributed by atoms with Gasteiger partial charge in [0.1, 0.15) is 5.60 Å². The van der Waals surface area contributed by atoms with E-state index in [0.29, 0.717) is 12.5 Å². The first kappa shape index (κ1) is 18.6. The number of amides is 1. The Kier molecular flexibility index (Phi) is 7.82. The Hall–Kier alpha value is -0.420. The maximum absolute atomic E-state index is 12.1. The zero-order valence-corrected chi connectivity index (χ0v) is 13.9. The van der Waals surface area contributed by atoms with Gasteiger partial charge < -0.3 is 14.7 Å². The average molecular weight is 291 g/mol. The summed E-state index contributed by atoms with van der Waals surface area (Å²) in [7, 11) is 0. The van der Waals surface area contributed by atoms with Gasteiger partial charge in [0.25, 0.3) is 0 Å². The fourth-order valence-electron chi connectivity index (χ4n) is 2.33. The number of rotatable bonds is 1. The van der Waals surface area contributed by atoms with Crippen molar-refractivity contribution in [2.75, 3.05) is 19.4 Å². The van der Waals surface area contributed by atoms with Gasteiger partial charge in [0, 0.05) is 25.1 Å². The Bertz CT molecular complexity index is 278. The number of piperidine rings is 1. The summed E-state index contributed by atoms with van der Waals surface area (Å²) in [4.78, 5) is 13.8. The Morgan fingerprint density at radius 3 is 2.32 bits per heavy atom. The van der Waals surface area contributed by atoms with E-state index in [0.717, 1.165) is 6.42 Å². The summed E-state index contributed by atoms with van der Waals surface area (Å²) in [5.41, 5.74) is -0.466. The number of aliphatic hydroxyl groups excluding tert-OH is 1. The molecule has 0 bridgehead atoms. The van der Waals surface area contributed by atoms with E-state index >= 15 is 0 Å². The first-order valence-corrected chi connectivity index (χ1v) is 7.69. The van der Waals surface area contributed by atoms with Gasteiger partial charge in [-0.3, -0.25) is 0 Å². The third-order valence-corrected chi connectivity index (χ3v) is 3.25. The third-order valence-electron chi connectivity index (χ3n) is 3.25. The van der Waals surface area contributed by atoms with Gasteiger partial charge in [-0.15, -0.1) is 0 Å². The number of carbonyl (C=O) groups is 1. The van der Waals surface area contributed by atoms with Gasteiger partial charge in [-0.25, -0.2) is 4.79 Å². The number of ether oxygens (including phenoxy) is 1. The zero-order chi connectivity index (χ0) is 15.2. The van der Waals surface area contributed by atoms with E-state index in [2.05, 4.69) is 19.6 Å². The standard InChI is InChI=1S/C13H25NO3.CH4S/c1-9-6-11(8-15)10(2)14(7-9)12(16)17-13(3,4)5;1-2/h9-11,15H,6-8H2,1-5H3;2H,1H3. The monoisotopic (exact) mass is 291 g/mol. The van der Waals surface area contributed by atoms with Crippen LogP contribution in [-0.2, 0) is 4.74 Å². The molecule has 1 heterocycles. The largest absolute Gasteiger partial charge is 0.444 e. The number of thiol groups is 1. The van der Waals surface area contributed by atoms with E-state index in [1.54, 1.807) is 11.2 Å². The molecule has 1 aliphatic heterocycles. The van der Waals surface area contributed by atoms with Crippen LogP contribution in [0.5, 0.6) is 0 Å². The minimum atomic E-state index is -0.466. The Morgan fingerprint density at radius 1 is 1.37 bits per heavy atom. The normalized spacial score (nSPS) is 27.4. The van der Waals surface area contributed by atoms with Crippen molar-refractivity contribution < 1.29 is 14.6 Å². The highest BCUT2D eigenvalue weighted by molar-refractivity contribution is 7.79. The molecular weight excluding hydrogens is 262 g/mol. The number of likely N-dealkylation sites (tertiary alicyclic amines) is 1. The lowest BCUT2D eigenvalue weighted by atomic mass is 9.85. The van der Waals surface area contributed by atoms with Crippen molar-refractivity contribution in [3.8, 4) is 0 Å². The summed E-state index contributed by atoms with van der Waals surface area (Å²) in [6.07, 6.45) is 2.40. The highest BCUT2D eigenvalue weighted by atomic mass is 32.1. The van der Waals surface area contributed by atoms with Gasteiger partial charge in [0.05, 0.1) is 0 Å². The zero-order valence-electron chi connectivity index (χ0n) is 13.0. The maximum Gasteiger partial charge on any atom is 0.410 e.